The normalized spacial score (nSPS) is 14.8. The predicted molar refractivity (Wildman–Crippen MR) is 67.4 cm³/mol. The Morgan fingerprint density at radius 1 is 1.38 bits per heavy atom. The van der Waals surface area contributed by atoms with E-state index in [9.17, 15) is 4.39 Å². The monoisotopic (exact) mass is 243 g/mol. The maximum absolute atomic E-state index is 13.6. The number of halogens is 2. The second-order valence-corrected chi connectivity index (χ2v) is 4.85. The molecule has 1 rings (SSSR count). The van der Waals surface area contributed by atoms with E-state index < -0.39 is 0 Å². The zero-order chi connectivity index (χ0) is 12.1. The van der Waals surface area contributed by atoms with Gasteiger partial charge in [-0.1, -0.05) is 30.7 Å². The summed E-state index contributed by atoms with van der Waals surface area (Å²) in [6.07, 6.45) is 1.76. The highest BCUT2D eigenvalue weighted by atomic mass is 35.5. The van der Waals surface area contributed by atoms with Crippen LogP contribution < -0.4 is 5.32 Å². The zero-order valence-electron chi connectivity index (χ0n) is 10.1. The first-order valence-electron chi connectivity index (χ1n) is 5.64. The summed E-state index contributed by atoms with van der Waals surface area (Å²) in [5.74, 6) is 0.170. The third-order valence-electron chi connectivity index (χ3n) is 2.85. The van der Waals surface area contributed by atoms with Gasteiger partial charge in [0.2, 0.25) is 0 Å². The summed E-state index contributed by atoms with van der Waals surface area (Å²) in [5.41, 5.74) is 0.711. The van der Waals surface area contributed by atoms with Crippen molar-refractivity contribution in [3.8, 4) is 0 Å². The Bertz CT molecular complexity index is 341. The van der Waals surface area contributed by atoms with Gasteiger partial charge in [0, 0.05) is 6.04 Å². The van der Waals surface area contributed by atoms with Gasteiger partial charge in [-0.2, -0.15) is 0 Å². The Morgan fingerprint density at radius 3 is 2.69 bits per heavy atom. The molecule has 2 unspecified atom stereocenters. The third kappa shape index (κ3) is 3.76. The van der Waals surface area contributed by atoms with Crippen LogP contribution in [0, 0.1) is 11.7 Å². The summed E-state index contributed by atoms with van der Waals surface area (Å²) in [5, 5.41) is 3.40. The highest BCUT2D eigenvalue weighted by molar-refractivity contribution is 6.30. The number of benzene rings is 1. The second-order valence-electron chi connectivity index (χ2n) is 4.45. The molecule has 2 atom stereocenters. The first kappa shape index (κ1) is 13.5. The summed E-state index contributed by atoms with van der Waals surface area (Å²) in [6.45, 7) is 4.26. The highest BCUT2D eigenvalue weighted by Gasteiger charge is 2.12. The Morgan fingerprint density at radius 2 is 2.06 bits per heavy atom. The van der Waals surface area contributed by atoms with Gasteiger partial charge in [-0.3, -0.25) is 0 Å². The summed E-state index contributed by atoms with van der Waals surface area (Å²) in [7, 11) is 1.94. The molecule has 0 amide bonds. The summed E-state index contributed by atoms with van der Waals surface area (Å²) >= 11 is 5.74. The predicted octanol–water partition coefficient (Wildman–Crippen LogP) is 3.66. The van der Waals surface area contributed by atoms with Crippen molar-refractivity contribution in [2.24, 2.45) is 5.92 Å². The largest absolute Gasteiger partial charge is 0.317 e. The van der Waals surface area contributed by atoms with Crippen molar-refractivity contribution in [2.45, 2.75) is 32.7 Å². The van der Waals surface area contributed by atoms with Crippen LogP contribution in [-0.4, -0.2) is 13.1 Å². The summed E-state index contributed by atoms with van der Waals surface area (Å²) < 4.78 is 13.6. The lowest BCUT2D eigenvalue weighted by molar-refractivity contribution is 0.434. The minimum absolute atomic E-state index is 0.214. The maximum atomic E-state index is 13.6. The molecule has 0 spiro atoms. The average Bonchev–Trinajstić information content (AvgIpc) is 2.24. The van der Waals surface area contributed by atoms with E-state index in [1.54, 1.807) is 12.1 Å². The van der Waals surface area contributed by atoms with Crippen molar-refractivity contribution < 1.29 is 4.39 Å². The quantitative estimate of drug-likeness (QED) is 0.832. The van der Waals surface area contributed by atoms with Crippen molar-refractivity contribution in [3.63, 3.8) is 0 Å². The minimum atomic E-state index is -0.270. The van der Waals surface area contributed by atoms with E-state index in [1.807, 2.05) is 13.1 Å². The molecule has 90 valence electrons. The lowest BCUT2D eigenvalue weighted by atomic mass is 9.95. The van der Waals surface area contributed by atoms with Gasteiger partial charge < -0.3 is 5.32 Å². The van der Waals surface area contributed by atoms with Gasteiger partial charge in [-0.25, -0.2) is 4.39 Å². The molecule has 16 heavy (non-hydrogen) atoms. The van der Waals surface area contributed by atoms with Crippen LogP contribution in [0.2, 0.25) is 5.02 Å². The number of hydrogen-bond acceptors (Lipinski definition) is 1. The number of nitrogens with one attached hydrogen (secondary N) is 1. The van der Waals surface area contributed by atoms with E-state index >= 15 is 0 Å². The molecule has 1 aromatic carbocycles. The maximum Gasteiger partial charge on any atom is 0.144 e. The molecule has 0 saturated heterocycles. The fourth-order valence-electron chi connectivity index (χ4n) is 1.89. The van der Waals surface area contributed by atoms with E-state index in [4.69, 9.17) is 11.6 Å². The van der Waals surface area contributed by atoms with E-state index in [0.29, 0.717) is 17.5 Å². The molecule has 0 saturated carbocycles. The highest BCUT2D eigenvalue weighted by Crippen LogP contribution is 2.21. The van der Waals surface area contributed by atoms with Crippen molar-refractivity contribution >= 4 is 11.6 Å². The standard InChI is InChI=1S/C13H19ClFN/c1-9(7-10(2)16-3)8-11-5-4-6-12(14)13(11)15/h4-6,9-10,16H,7-8H2,1-3H3. The number of hydrogen-bond donors (Lipinski definition) is 1. The smallest absolute Gasteiger partial charge is 0.144 e. The first-order chi connectivity index (χ1) is 7.54. The Balaban J connectivity index is 2.62. The van der Waals surface area contributed by atoms with Crippen LogP contribution >= 0.6 is 11.6 Å². The second kappa shape index (κ2) is 6.21. The van der Waals surface area contributed by atoms with Gasteiger partial charge in [0.05, 0.1) is 5.02 Å². The lowest BCUT2D eigenvalue weighted by Crippen LogP contribution is -2.24. The molecule has 0 radical (unpaired) electrons. The van der Waals surface area contributed by atoms with E-state index in [0.717, 1.165) is 12.8 Å². The molecule has 0 fully saturated rings. The molecular weight excluding hydrogens is 225 g/mol. The molecule has 1 N–H and O–H groups in total. The number of rotatable bonds is 5. The van der Waals surface area contributed by atoms with Crippen LogP contribution in [0.5, 0.6) is 0 Å². The molecule has 0 aliphatic rings. The fraction of sp³-hybridized carbons (Fsp3) is 0.538. The van der Waals surface area contributed by atoms with Crippen molar-refractivity contribution in [3.05, 3.63) is 34.6 Å². The molecule has 3 heteroatoms. The van der Waals surface area contributed by atoms with Crippen molar-refractivity contribution in [1.82, 2.24) is 5.32 Å². The van der Waals surface area contributed by atoms with E-state index in [-0.39, 0.29) is 10.8 Å². The van der Waals surface area contributed by atoms with Gasteiger partial charge in [0.15, 0.2) is 0 Å². The fourth-order valence-corrected chi connectivity index (χ4v) is 2.08. The van der Waals surface area contributed by atoms with Crippen LogP contribution in [0.4, 0.5) is 4.39 Å². The molecule has 0 aromatic heterocycles. The van der Waals surface area contributed by atoms with Gasteiger partial charge in [0.1, 0.15) is 5.82 Å². The molecule has 1 nitrogen and oxygen atoms in total. The van der Waals surface area contributed by atoms with Gasteiger partial charge in [-0.15, -0.1) is 0 Å². The Labute approximate surface area is 102 Å². The summed E-state index contributed by atoms with van der Waals surface area (Å²) in [4.78, 5) is 0. The molecule has 0 bridgehead atoms. The lowest BCUT2D eigenvalue weighted by Gasteiger charge is -2.17. The Hall–Kier alpha value is -0.600. The van der Waals surface area contributed by atoms with Gasteiger partial charge >= 0.3 is 0 Å². The van der Waals surface area contributed by atoms with Crippen LogP contribution in [0.3, 0.4) is 0 Å². The average molecular weight is 244 g/mol. The van der Waals surface area contributed by atoms with Crippen molar-refractivity contribution in [1.29, 1.82) is 0 Å². The van der Waals surface area contributed by atoms with Gasteiger partial charge in [-0.05, 0) is 44.4 Å². The first-order valence-corrected chi connectivity index (χ1v) is 6.02. The summed E-state index contributed by atoms with van der Waals surface area (Å²) in [6, 6.07) is 5.65. The molecule has 0 aliphatic carbocycles. The van der Waals surface area contributed by atoms with Crippen molar-refractivity contribution in [2.75, 3.05) is 7.05 Å². The molecular formula is C13H19ClFN. The minimum Gasteiger partial charge on any atom is -0.317 e. The topological polar surface area (TPSA) is 12.0 Å². The zero-order valence-corrected chi connectivity index (χ0v) is 10.8. The van der Waals surface area contributed by atoms with Crippen LogP contribution in [-0.2, 0) is 6.42 Å². The van der Waals surface area contributed by atoms with E-state index in [2.05, 4.69) is 19.2 Å². The van der Waals surface area contributed by atoms with Gasteiger partial charge in [0.25, 0.3) is 0 Å². The molecule has 1 aromatic rings. The van der Waals surface area contributed by atoms with Crippen LogP contribution in [0.15, 0.2) is 18.2 Å². The molecule has 0 heterocycles. The third-order valence-corrected chi connectivity index (χ3v) is 3.14. The van der Waals surface area contributed by atoms with Crippen LogP contribution in [0.25, 0.3) is 0 Å². The molecule has 0 aliphatic heterocycles. The van der Waals surface area contributed by atoms with Crippen LogP contribution in [0.1, 0.15) is 25.8 Å². The van der Waals surface area contributed by atoms with E-state index in [1.165, 1.54) is 0 Å². The SMILES string of the molecule is CNC(C)CC(C)Cc1cccc(Cl)c1F. The Kier molecular flexibility index (Phi) is 5.23.